The molecule has 5 rings (SSSR count). The molecule has 0 spiro atoms. The van der Waals surface area contributed by atoms with Crippen molar-refractivity contribution in [1.82, 2.24) is 24.9 Å². The minimum atomic E-state index is 0.596. The first-order valence-corrected chi connectivity index (χ1v) is 11.3. The number of nitrogen functional groups attached to an aromatic ring is 1. The van der Waals surface area contributed by atoms with Crippen LogP contribution < -0.4 is 11.1 Å². The summed E-state index contributed by atoms with van der Waals surface area (Å²) in [6.45, 7) is 2.14. The molecule has 0 radical (unpaired) electrons. The van der Waals surface area contributed by atoms with Crippen molar-refractivity contribution in [3.63, 3.8) is 0 Å². The summed E-state index contributed by atoms with van der Waals surface area (Å²) in [5.41, 5.74) is 12.5. The Morgan fingerprint density at radius 3 is 2.80 bits per heavy atom. The van der Waals surface area contributed by atoms with E-state index in [1.807, 2.05) is 12.4 Å². The summed E-state index contributed by atoms with van der Waals surface area (Å²) in [4.78, 5) is 9.69. The molecule has 3 aromatic heterocycles. The fourth-order valence-electron chi connectivity index (χ4n) is 4.30. The van der Waals surface area contributed by atoms with Crippen molar-refractivity contribution in [2.24, 2.45) is 5.92 Å². The molecule has 0 bridgehead atoms. The van der Waals surface area contributed by atoms with E-state index in [9.17, 15) is 0 Å². The minimum absolute atomic E-state index is 0.596. The van der Waals surface area contributed by atoms with E-state index in [1.165, 1.54) is 18.4 Å². The van der Waals surface area contributed by atoms with Gasteiger partial charge in [-0.25, -0.2) is 4.98 Å². The maximum atomic E-state index is 6.41. The molecular formula is C23H25BrN6. The van der Waals surface area contributed by atoms with Crippen molar-refractivity contribution in [3.8, 4) is 11.1 Å². The van der Waals surface area contributed by atoms with Crippen molar-refractivity contribution in [2.75, 3.05) is 18.8 Å². The van der Waals surface area contributed by atoms with Gasteiger partial charge in [-0.05, 0) is 78.7 Å². The van der Waals surface area contributed by atoms with E-state index in [4.69, 9.17) is 15.7 Å². The fraction of sp³-hybridized carbons (Fsp3) is 0.348. The number of hydrogen-bond donors (Lipinski definition) is 2. The van der Waals surface area contributed by atoms with Gasteiger partial charge in [0.1, 0.15) is 5.82 Å². The summed E-state index contributed by atoms with van der Waals surface area (Å²) < 4.78 is 2.57. The van der Waals surface area contributed by atoms with Gasteiger partial charge in [-0.1, -0.05) is 24.3 Å². The lowest BCUT2D eigenvalue weighted by atomic mass is 9.93. The van der Waals surface area contributed by atoms with Gasteiger partial charge in [-0.3, -0.25) is 4.98 Å². The molecule has 30 heavy (non-hydrogen) atoms. The van der Waals surface area contributed by atoms with Crippen LogP contribution in [-0.2, 0) is 6.42 Å². The van der Waals surface area contributed by atoms with Gasteiger partial charge in [-0.2, -0.15) is 9.61 Å². The van der Waals surface area contributed by atoms with Crippen LogP contribution in [-0.4, -0.2) is 32.7 Å². The molecule has 3 aromatic rings. The Morgan fingerprint density at radius 2 is 2.07 bits per heavy atom. The first-order valence-electron chi connectivity index (χ1n) is 10.6. The number of nitrogens with zero attached hydrogens (tertiary/aromatic N) is 4. The van der Waals surface area contributed by atoms with E-state index < -0.39 is 0 Å². The number of nitrogens with one attached hydrogen (secondary N) is 1. The summed E-state index contributed by atoms with van der Waals surface area (Å²) in [6.07, 6.45) is 15.5. The van der Waals surface area contributed by atoms with Crippen LogP contribution >= 0.6 is 15.9 Å². The molecule has 7 heteroatoms. The topological polar surface area (TPSA) is 81.1 Å². The molecular weight excluding hydrogens is 440 g/mol. The lowest BCUT2D eigenvalue weighted by Crippen LogP contribution is -2.29. The van der Waals surface area contributed by atoms with Gasteiger partial charge in [0.15, 0.2) is 5.65 Å². The molecule has 6 nitrogen and oxygen atoms in total. The monoisotopic (exact) mass is 464 g/mol. The largest absolute Gasteiger partial charge is 0.383 e. The van der Waals surface area contributed by atoms with Crippen LogP contribution in [0.25, 0.3) is 22.3 Å². The van der Waals surface area contributed by atoms with Gasteiger partial charge in [0.25, 0.3) is 0 Å². The average molecular weight is 465 g/mol. The molecule has 0 aromatic carbocycles. The van der Waals surface area contributed by atoms with Gasteiger partial charge >= 0.3 is 0 Å². The first kappa shape index (κ1) is 19.5. The molecule has 1 fully saturated rings. The molecule has 154 valence electrons. The second kappa shape index (κ2) is 8.32. The zero-order valence-corrected chi connectivity index (χ0v) is 18.4. The summed E-state index contributed by atoms with van der Waals surface area (Å²) in [7, 11) is 0. The predicted octanol–water partition coefficient (Wildman–Crippen LogP) is 4.41. The number of allylic oxidation sites excluding steroid dienone is 4. The normalized spacial score (nSPS) is 17.4. The van der Waals surface area contributed by atoms with Crippen LogP contribution in [0.15, 0.2) is 47.2 Å². The predicted molar refractivity (Wildman–Crippen MR) is 124 cm³/mol. The summed E-state index contributed by atoms with van der Waals surface area (Å²) >= 11 is 3.66. The zero-order valence-electron chi connectivity index (χ0n) is 16.8. The Labute approximate surface area is 184 Å². The molecule has 0 unspecified atom stereocenters. The van der Waals surface area contributed by atoms with Gasteiger partial charge in [0.2, 0.25) is 0 Å². The van der Waals surface area contributed by atoms with Gasteiger partial charge < -0.3 is 11.1 Å². The Kier molecular flexibility index (Phi) is 5.39. The number of aromatic nitrogens is 4. The van der Waals surface area contributed by atoms with Crippen molar-refractivity contribution in [3.05, 3.63) is 58.6 Å². The van der Waals surface area contributed by atoms with Crippen LogP contribution in [0.2, 0.25) is 0 Å². The standard InChI is InChI=1S/C23H25BrN6/c24-21-20(12-15-8-10-26-11-9-15)29-23-18(14-28-30(23)22(21)25)17-6-7-19(27-13-17)16-4-2-1-3-5-16/h1-2,4,6-7,13-15,26H,3,5,8-12,25H2. The average Bonchev–Trinajstić information content (AvgIpc) is 3.23. The number of hydrogen-bond acceptors (Lipinski definition) is 5. The lowest BCUT2D eigenvalue weighted by Gasteiger charge is -2.22. The Balaban J connectivity index is 1.50. The highest BCUT2D eigenvalue weighted by atomic mass is 79.9. The van der Waals surface area contributed by atoms with Crippen molar-refractivity contribution in [2.45, 2.75) is 32.1 Å². The quantitative estimate of drug-likeness (QED) is 0.597. The molecule has 1 aliphatic carbocycles. The summed E-state index contributed by atoms with van der Waals surface area (Å²) in [5, 5.41) is 7.92. The second-order valence-corrected chi connectivity index (χ2v) is 8.83. The molecule has 1 aliphatic heterocycles. The highest BCUT2D eigenvalue weighted by molar-refractivity contribution is 9.10. The van der Waals surface area contributed by atoms with Crippen molar-refractivity contribution in [1.29, 1.82) is 0 Å². The second-order valence-electron chi connectivity index (χ2n) is 8.04. The van der Waals surface area contributed by atoms with Crippen molar-refractivity contribution < 1.29 is 0 Å². The number of rotatable bonds is 4. The zero-order chi connectivity index (χ0) is 20.5. The van der Waals surface area contributed by atoms with Crippen molar-refractivity contribution >= 4 is 33.0 Å². The summed E-state index contributed by atoms with van der Waals surface area (Å²) in [5.74, 6) is 1.22. The van der Waals surface area contributed by atoms with Gasteiger partial charge in [-0.15, -0.1) is 0 Å². The molecule has 0 saturated carbocycles. The molecule has 0 amide bonds. The van der Waals surface area contributed by atoms with Crippen LogP contribution in [0.3, 0.4) is 0 Å². The first-order chi connectivity index (χ1) is 14.7. The Bertz CT molecular complexity index is 1120. The summed E-state index contributed by atoms with van der Waals surface area (Å²) in [6, 6.07) is 4.19. The van der Waals surface area contributed by atoms with E-state index in [0.717, 1.165) is 65.0 Å². The number of piperidine rings is 1. The smallest absolute Gasteiger partial charge is 0.165 e. The third kappa shape index (κ3) is 3.68. The Hall–Kier alpha value is -2.51. The lowest BCUT2D eigenvalue weighted by molar-refractivity contribution is 0.370. The molecule has 0 atom stereocenters. The third-order valence-corrected chi connectivity index (χ3v) is 6.91. The van der Waals surface area contributed by atoms with Crippen LogP contribution in [0.5, 0.6) is 0 Å². The Morgan fingerprint density at radius 1 is 1.20 bits per heavy atom. The van der Waals surface area contributed by atoms with E-state index >= 15 is 0 Å². The SMILES string of the molecule is Nc1c(Br)c(CC2CCNCC2)nc2c(-c3ccc(C4=CC=CCC4)nc3)cnn12. The van der Waals surface area contributed by atoms with E-state index in [2.05, 4.69) is 56.7 Å². The minimum Gasteiger partial charge on any atom is -0.383 e. The molecule has 4 heterocycles. The van der Waals surface area contributed by atoms with Gasteiger partial charge in [0, 0.05) is 17.3 Å². The number of anilines is 1. The third-order valence-electron chi connectivity index (χ3n) is 6.05. The fourth-order valence-corrected chi connectivity index (χ4v) is 4.72. The molecule has 2 aliphatic rings. The van der Waals surface area contributed by atoms with Crippen LogP contribution in [0.4, 0.5) is 5.82 Å². The van der Waals surface area contributed by atoms with Crippen LogP contribution in [0, 0.1) is 5.92 Å². The maximum absolute atomic E-state index is 6.41. The van der Waals surface area contributed by atoms with Crippen LogP contribution in [0.1, 0.15) is 37.1 Å². The number of pyridine rings is 1. The van der Waals surface area contributed by atoms with E-state index in [-0.39, 0.29) is 0 Å². The van der Waals surface area contributed by atoms with E-state index in [0.29, 0.717) is 11.7 Å². The molecule has 3 N–H and O–H groups in total. The maximum Gasteiger partial charge on any atom is 0.165 e. The number of halogens is 1. The van der Waals surface area contributed by atoms with Gasteiger partial charge in [0.05, 0.1) is 22.1 Å². The van der Waals surface area contributed by atoms with E-state index in [1.54, 1.807) is 4.52 Å². The molecule has 1 saturated heterocycles. The number of fused-ring (bicyclic) bond motifs is 1. The highest BCUT2D eigenvalue weighted by Gasteiger charge is 2.20. The highest BCUT2D eigenvalue weighted by Crippen LogP contribution is 2.32. The number of nitrogens with two attached hydrogens (primary N) is 1.